The molecule has 0 aromatic carbocycles. The van der Waals surface area contributed by atoms with E-state index < -0.39 is 0 Å². The fourth-order valence-corrected chi connectivity index (χ4v) is 1.54. The Hall–Kier alpha value is -1.28. The van der Waals surface area contributed by atoms with E-state index in [9.17, 15) is 0 Å². The highest BCUT2D eigenvalue weighted by atomic mass is 32.1. The highest BCUT2D eigenvalue weighted by Crippen LogP contribution is 2.11. The molecule has 0 aliphatic heterocycles. The number of nitrogens with zero attached hydrogens (tertiary/aromatic N) is 3. The highest BCUT2D eigenvalue weighted by Gasteiger charge is 2.04. The van der Waals surface area contributed by atoms with Crippen LogP contribution in [0, 0.1) is 11.3 Å². The van der Waals surface area contributed by atoms with Crippen molar-refractivity contribution >= 4 is 17.2 Å². The van der Waals surface area contributed by atoms with E-state index in [1.807, 2.05) is 6.07 Å². The lowest BCUT2D eigenvalue weighted by Gasteiger charge is -1.92. The Morgan fingerprint density at radius 2 is 2.36 bits per heavy atom. The van der Waals surface area contributed by atoms with E-state index >= 15 is 0 Å². The summed E-state index contributed by atoms with van der Waals surface area (Å²) in [6.07, 6.45) is 0. The van der Waals surface area contributed by atoms with E-state index in [1.54, 1.807) is 18.7 Å². The number of rotatable bonds is 0. The molecule has 0 bridgehead atoms. The topological polar surface area (TPSA) is 67.1 Å². The first-order chi connectivity index (χ1) is 5.20. The molecule has 0 saturated heterocycles. The molecule has 1 aromatic rings. The number of nitrogens with two attached hydrogens (primary N) is 1. The van der Waals surface area contributed by atoms with Crippen molar-refractivity contribution in [3.05, 3.63) is 9.68 Å². The molecule has 0 amide bonds. The Labute approximate surface area is 68.2 Å². The lowest BCUT2D eigenvalue weighted by atomic mass is 10.5. The summed E-state index contributed by atoms with van der Waals surface area (Å²) in [6.45, 7) is 0. The first-order valence-electron chi connectivity index (χ1n) is 2.99. The van der Waals surface area contributed by atoms with Gasteiger partial charge < -0.3 is 10.3 Å². The quantitative estimate of drug-likeness (QED) is 0.595. The van der Waals surface area contributed by atoms with E-state index in [1.165, 1.54) is 11.3 Å². The summed E-state index contributed by atoms with van der Waals surface area (Å²) in [7, 11) is 3.46. The number of hydrogen-bond donors (Lipinski definition) is 1. The van der Waals surface area contributed by atoms with Crippen LogP contribution in [0.2, 0.25) is 0 Å². The molecular formula is C6H8N4S. The third kappa shape index (κ3) is 1.12. The molecule has 1 heterocycles. The van der Waals surface area contributed by atoms with Crippen molar-refractivity contribution < 1.29 is 0 Å². The second-order valence-corrected chi connectivity index (χ2v) is 2.97. The minimum atomic E-state index is 0.484. The van der Waals surface area contributed by atoms with Gasteiger partial charge in [-0.3, -0.25) is 4.99 Å². The molecule has 5 heteroatoms. The number of anilines is 1. The number of nitriles is 1. The van der Waals surface area contributed by atoms with Crippen LogP contribution in [0.3, 0.4) is 0 Å². The number of thiazole rings is 1. The summed E-state index contributed by atoms with van der Waals surface area (Å²) < 4.78 is 1.70. The van der Waals surface area contributed by atoms with Gasteiger partial charge in [0.2, 0.25) is 0 Å². The van der Waals surface area contributed by atoms with Crippen LogP contribution < -0.4 is 10.5 Å². The zero-order valence-corrected chi connectivity index (χ0v) is 7.14. The van der Waals surface area contributed by atoms with E-state index in [2.05, 4.69) is 4.99 Å². The lowest BCUT2D eigenvalue weighted by Crippen LogP contribution is -2.12. The summed E-state index contributed by atoms with van der Waals surface area (Å²) in [6, 6.07) is 2.00. The number of nitrogen functional groups attached to an aromatic ring is 1. The second kappa shape index (κ2) is 2.76. The molecule has 0 radical (unpaired) electrons. The van der Waals surface area contributed by atoms with Gasteiger partial charge in [0.25, 0.3) is 0 Å². The molecule has 1 aromatic heterocycles. The van der Waals surface area contributed by atoms with Crippen molar-refractivity contribution in [2.45, 2.75) is 0 Å². The fourth-order valence-electron chi connectivity index (χ4n) is 0.743. The predicted molar refractivity (Wildman–Crippen MR) is 43.9 cm³/mol. The van der Waals surface area contributed by atoms with Crippen molar-refractivity contribution in [3.8, 4) is 6.07 Å². The SMILES string of the molecule is CN=c1sc(C#N)c(N)n1C. The second-order valence-electron chi connectivity index (χ2n) is 1.99. The Balaban J connectivity index is 3.51. The molecule has 0 saturated carbocycles. The molecule has 0 aliphatic rings. The van der Waals surface area contributed by atoms with Gasteiger partial charge in [-0.15, -0.1) is 0 Å². The van der Waals surface area contributed by atoms with Crippen LogP contribution >= 0.6 is 11.3 Å². The minimum Gasteiger partial charge on any atom is -0.383 e. The Bertz CT molecular complexity index is 365. The van der Waals surface area contributed by atoms with Crippen molar-refractivity contribution in [2.24, 2.45) is 12.0 Å². The molecule has 11 heavy (non-hydrogen) atoms. The monoisotopic (exact) mass is 168 g/mol. The summed E-state index contributed by atoms with van der Waals surface area (Å²) in [5.74, 6) is 0.484. The van der Waals surface area contributed by atoms with Gasteiger partial charge >= 0.3 is 0 Å². The van der Waals surface area contributed by atoms with Crippen molar-refractivity contribution in [3.63, 3.8) is 0 Å². The average Bonchev–Trinajstić information content (AvgIpc) is 2.30. The average molecular weight is 168 g/mol. The Morgan fingerprint density at radius 1 is 1.73 bits per heavy atom. The first-order valence-corrected chi connectivity index (χ1v) is 3.80. The van der Waals surface area contributed by atoms with E-state index in [4.69, 9.17) is 11.0 Å². The number of aromatic nitrogens is 1. The van der Waals surface area contributed by atoms with Crippen LogP contribution in [0.5, 0.6) is 0 Å². The largest absolute Gasteiger partial charge is 0.383 e. The summed E-state index contributed by atoms with van der Waals surface area (Å²) in [5.41, 5.74) is 5.58. The third-order valence-corrected chi connectivity index (χ3v) is 2.51. The van der Waals surface area contributed by atoms with Gasteiger partial charge in [0.1, 0.15) is 16.8 Å². The molecule has 4 nitrogen and oxygen atoms in total. The predicted octanol–water partition coefficient (Wildman–Crippen LogP) is 0.0710. The smallest absolute Gasteiger partial charge is 0.187 e. The summed E-state index contributed by atoms with van der Waals surface area (Å²) in [4.78, 5) is 5.23. The lowest BCUT2D eigenvalue weighted by molar-refractivity contribution is 0.879. The van der Waals surface area contributed by atoms with Crippen LogP contribution in [0.1, 0.15) is 4.88 Å². The van der Waals surface area contributed by atoms with Crippen molar-refractivity contribution in [1.29, 1.82) is 5.26 Å². The minimum absolute atomic E-state index is 0.484. The van der Waals surface area contributed by atoms with Gasteiger partial charge in [-0.1, -0.05) is 11.3 Å². The molecule has 1 rings (SSSR count). The Morgan fingerprint density at radius 3 is 2.64 bits per heavy atom. The van der Waals surface area contributed by atoms with Gasteiger partial charge in [-0.2, -0.15) is 5.26 Å². The van der Waals surface area contributed by atoms with Crippen LogP contribution in [-0.2, 0) is 7.05 Å². The molecule has 0 unspecified atom stereocenters. The maximum atomic E-state index is 8.58. The van der Waals surface area contributed by atoms with Crippen LogP contribution in [0.15, 0.2) is 4.99 Å². The third-order valence-electron chi connectivity index (χ3n) is 1.37. The van der Waals surface area contributed by atoms with E-state index in [-0.39, 0.29) is 0 Å². The molecule has 2 N–H and O–H groups in total. The highest BCUT2D eigenvalue weighted by molar-refractivity contribution is 7.10. The molecular weight excluding hydrogens is 160 g/mol. The fraction of sp³-hybridized carbons (Fsp3) is 0.333. The van der Waals surface area contributed by atoms with Gasteiger partial charge in [-0.25, -0.2) is 0 Å². The van der Waals surface area contributed by atoms with Gasteiger partial charge in [-0.05, 0) is 0 Å². The summed E-state index contributed by atoms with van der Waals surface area (Å²) in [5, 5.41) is 8.58. The summed E-state index contributed by atoms with van der Waals surface area (Å²) >= 11 is 1.30. The zero-order chi connectivity index (χ0) is 8.43. The van der Waals surface area contributed by atoms with Gasteiger partial charge in [0.05, 0.1) is 0 Å². The standard InChI is InChI=1S/C6H8N4S/c1-9-6-10(2)5(8)4(3-7)11-6/h8H2,1-2H3. The molecule has 58 valence electrons. The normalized spacial score (nSPS) is 11.5. The van der Waals surface area contributed by atoms with Crippen LogP contribution in [0.25, 0.3) is 0 Å². The number of hydrogen-bond acceptors (Lipinski definition) is 4. The van der Waals surface area contributed by atoms with Gasteiger partial charge in [0.15, 0.2) is 4.80 Å². The van der Waals surface area contributed by atoms with E-state index in [0.29, 0.717) is 10.7 Å². The zero-order valence-electron chi connectivity index (χ0n) is 6.33. The molecule has 0 fully saturated rings. The first kappa shape index (κ1) is 7.82. The maximum absolute atomic E-state index is 8.58. The van der Waals surface area contributed by atoms with Gasteiger partial charge in [0, 0.05) is 14.1 Å². The van der Waals surface area contributed by atoms with E-state index in [0.717, 1.165) is 4.80 Å². The molecule has 0 aliphatic carbocycles. The molecule has 0 atom stereocenters. The van der Waals surface area contributed by atoms with Crippen LogP contribution in [0.4, 0.5) is 5.82 Å². The van der Waals surface area contributed by atoms with Crippen molar-refractivity contribution in [2.75, 3.05) is 12.8 Å². The Kier molecular flexibility index (Phi) is 1.96. The van der Waals surface area contributed by atoms with Crippen molar-refractivity contribution in [1.82, 2.24) is 4.57 Å². The van der Waals surface area contributed by atoms with Crippen LogP contribution in [-0.4, -0.2) is 11.6 Å². The molecule has 0 spiro atoms. The maximum Gasteiger partial charge on any atom is 0.187 e.